The van der Waals surface area contributed by atoms with E-state index in [1.807, 2.05) is 77.9 Å². The lowest BCUT2D eigenvalue weighted by Gasteiger charge is -2.08. The summed E-state index contributed by atoms with van der Waals surface area (Å²) in [7, 11) is 0. The van der Waals surface area contributed by atoms with E-state index in [0.717, 1.165) is 55.9 Å². The van der Waals surface area contributed by atoms with Crippen molar-refractivity contribution in [2.75, 3.05) is 11.5 Å². The van der Waals surface area contributed by atoms with Gasteiger partial charge in [-0.3, -0.25) is 0 Å². The summed E-state index contributed by atoms with van der Waals surface area (Å²) in [5.74, 6) is 0. The van der Waals surface area contributed by atoms with Gasteiger partial charge in [-0.15, -0.1) is 0 Å². The van der Waals surface area contributed by atoms with Crippen LogP contribution in [-0.2, 0) is 0 Å². The maximum absolute atomic E-state index is 8.54. The summed E-state index contributed by atoms with van der Waals surface area (Å²) in [6.45, 7) is 11.8. The van der Waals surface area contributed by atoms with Crippen molar-refractivity contribution >= 4 is 22.5 Å². The van der Waals surface area contributed by atoms with Gasteiger partial charge in [0.05, 0.1) is 12.1 Å². The summed E-state index contributed by atoms with van der Waals surface area (Å²) in [4.78, 5) is 0. The van der Waals surface area contributed by atoms with Gasteiger partial charge < -0.3 is 11.5 Å². The van der Waals surface area contributed by atoms with E-state index < -0.39 is 0 Å². The second-order valence-corrected chi connectivity index (χ2v) is 6.96. The zero-order valence-corrected chi connectivity index (χ0v) is 17.5. The minimum atomic E-state index is 0.832. The molecule has 0 unspecified atom stereocenters. The predicted octanol–water partition coefficient (Wildman–Crippen LogP) is 5.63. The molecule has 0 aliphatic carbocycles. The number of anilines is 2. The molecule has 2 aromatic rings. The molecule has 0 amide bonds. The lowest BCUT2D eigenvalue weighted by Crippen LogP contribution is -1.95. The van der Waals surface area contributed by atoms with Crippen molar-refractivity contribution in [2.24, 2.45) is 0 Å². The van der Waals surface area contributed by atoms with E-state index in [-0.39, 0.29) is 0 Å². The van der Waals surface area contributed by atoms with Gasteiger partial charge in [-0.2, -0.15) is 10.5 Å². The number of aryl methyl sites for hydroxylation is 4. The first-order chi connectivity index (χ1) is 13.1. The van der Waals surface area contributed by atoms with Crippen molar-refractivity contribution in [2.45, 2.75) is 41.5 Å². The Kier molecular flexibility index (Phi) is 8.05. The Labute approximate surface area is 168 Å². The van der Waals surface area contributed by atoms with E-state index >= 15 is 0 Å². The van der Waals surface area contributed by atoms with Crippen molar-refractivity contribution < 1.29 is 0 Å². The van der Waals surface area contributed by atoms with E-state index in [2.05, 4.69) is 0 Å². The van der Waals surface area contributed by atoms with Crippen LogP contribution in [0.2, 0.25) is 0 Å². The normalized spacial score (nSPS) is 11.1. The summed E-state index contributed by atoms with van der Waals surface area (Å²) < 4.78 is 0. The number of nitriles is 2. The molecule has 0 saturated carbocycles. The Balaban J connectivity index is 0.000000280. The van der Waals surface area contributed by atoms with Crippen LogP contribution in [0.25, 0.3) is 11.1 Å². The lowest BCUT2D eigenvalue weighted by atomic mass is 10.00. The highest BCUT2D eigenvalue weighted by molar-refractivity contribution is 5.71. The lowest BCUT2D eigenvalue weighted by molar-refractivity contribution is 1.36. The third-order valence-electron chi connectivity index (χ3n) is 4.66. The van der Waals surface area contributed by atoms with Gasteiger partial charge in [0.2, 0.25) is 0 Å². The van der Waals surface area contributed by atoms with Gasteiger partial charge >= 0.3 is 0 Å². The van der Waals surface area contributed by atoms with Crippen molar-refractivity contribution in [3.05, 3.63) is 69.8 Å². The van der Waals surface area contributed by atoms with Gasteiger partial charge in [0, 0.05) is 23.5 Å². The number of hydrogen-bond donors (Lipinski definition) is 2. The van der Waals surface area contributed by atoms with Crippen LogP contribution < -0.4 is 11.5 Å². The van der Waals surface area contributed by atoms with Crippen molar-refractivity contribution in [1.82, 2.24) is 0 Å². The summed E-state index contributed by atoms with van der Waals surface area (Å²) >= 11 is 0. The largest absolute Gasteiger partial charge is 0.398 e. The first kappa shape index (κ1) is 22.5. The predicted molar refractivity (Wildman–Crippen MR) is 119 cm³/mol. The van der Waals surface area contributed by atoms with Crippen molar-refractivity contribution in [3.63, 3.8) is 0 Å². The summed E-state index contributed by atoms with van der Waals surface area (Å²) in [6, 6.07) is 12.1. The molecule has 0 spiro atoms. The number of benzene rings is 2. The standard InChI is InChI=1S/2C12H14N2/c2*1-8(4-5-13)11-6-9(2)12(14)10(3)7-11/h2*4,6-7H,14H2,1-3H3/b8-4+;8-4-. The SMILES string of the molecule is C/C(=C/C#N)c1cc(C)c(N)c(C)c1.C/C(=C\C#N)c1cc(C)c(N)c(C)c1. The van der Waals surface area contributed by atoms with Gasteiger partial charge in [-0.05, 0) is 110 Å². The highest BCUT2D eigenvalue weighted by Gasteiger charge is 2.03. The Morgan fingerprint density at radius 2 is 0.929 bits per heavy atom. The number of nitrogens with two attached hydrogens (primary N) is 2. The van der Waals surface area contributed by atoms with Crippen LogP contribution in [0.1, 0.15) is 47.2 Å². The molecule has 0 fully saturated rings. The minimum absolute atomic E-state index is 0.832. The average molecular weight is 373 g/mol. The third-order valence-corrected chi connectivity index (χ3v) is 4.66. The van der Waals surface area contributed by atoms with Crippen LogP contribution >= 0.6 is 0 Å². The summed E-state index contributed by atoms with van der Waals surface area (Å²) in [6.07, 6.45) is 3.09. The molecule has 144 valence electrons. The number of nitrogen functional groups attached to an aromatic ring is 2. The van der Waals surface area contributed by atoms with E-state index in [1.54, 1.807) is 12.2 Å². The molecule has 0 saturated heterocycles. The number of nitrogens with zero attached hydrogens (tertiary/aromatic N) is 2. The van der Waals surface area contributed by atoms with Gasteiger partial charge in [0.15, 0.2) is 0 Å². The van der Waals surface area contributed by atoms with Crippen LogP contribution in [-0.4, -0.2) is 0 Å². The first-order valence-electron chi connectivity index (χ1n) is 8.99. The van der Waals surface area contributed by atoms with Crippen LogP contribution in [0.15, 0.2) is 36.4 Å². The Hall–Kier alpha value is -3.50. The van der Waals surface area contributed by atoms with Gasteiger partial charge in [-0.25, -0.2) is 0 Å². The van der Waals surface area contributed by atoms with E-state index in [0.29, 0.717) is 0 Å². The summed E-state index contributed by atoms with van der Waals surface area (Å²) in [5, 5.41) is 17.1. The minimum Gasteiger partial charge on any atom is -0.398 e. The quantitative estimate of drug-likeness (QED) is 0.527. The molecule has 0 aliphatic rings. The molecular weight excluding hydrogens is 344 g/mol. The molecule has 28 heavy (non-hydrogen) atoms. The second-order valence-electron chi connectivity index (χ2n) is 6.96. The van der Waals surface area contributed by atoms with Gasteiger partial charge in [0.1, 0.15) is 0 Å². The molecule has 4 N–H and O–H groups in total. The molecule has 0 aliphatic heterocycles. The molecular formula is C24H28N4. The Morgan fingerprint density at radius 1 is 0.679 bits per heavy atom. The fourth-order valence-electron chi connectivity index (χ4n) is 2.77. The average Bonchev–Trinajstić information content (AvgIpc) is 2.64. The molecule has 2 aromatic carbocycles. The van der Waals surface area contributed by atoms with Gasteiger partial charge in [0.25, 0.3) is 0 Å². The van der Waals surface area contributed by atoms with Gasteiger partial charge in [-0.1, -0.05) is 0 Å². The summed E-state index contributed by atoms with van der Waals surface area (Å²) in [5.41, 5.74) is 21.7. The Morgan fingerprint density at radius 3 is 1.14 bits per heavy atom. The molecule has 0 radical (unpaired) electrons. The third kappa shape index (κ3) is 5.76. The van der Waals surface area contributed by atoms with Crippen LogP contribution in [0, 0.1) is 50.4 Å². The van der Waals surface area contributed by atoms with Crippen molar-refractivity contribution in [3.8, 4) is 12.1 Å². The first-order valence-corrected chi connectivity index (χ1v) is 8.99. The Bertz CT molecular complexity index is 882. The van der Waals surface area contributed by atoms with Crippen molar-refractivity contribution in [1.29, 1.82) is 10.5 Å². The van der Waals surface area contributed by atoms with Crippen LogP contribution in [0.3, 0.4) is 0 Å². The maximum Gasteiger partial charge on any atom is 0.0915 e. The number of hydrogen-bond acceptors (Lipinski definition) is 4. The molecule has 4 heteroatoms. The highest BCUT2D eigenvalue weighted by atomic mass is 14.6. The van der Waals surface area contributed by atoms with E-state index in [1.165, 1.54) is 0 Å². The monoisotopic (exact) mass is 372 g/mol. The maximum atomic E-state index is 8.54. The molecule has 4 nitrogen and oxygen atoms in total. The number of rotatable bonds is 2. The highest BCUT2D eigenvalue weighted by Crippen LogP contribution is 2.24. The molecule has 0 aromatic heterocycles. The fourth-order valence-corrected chi connectivity index (χ4v) is 2.77. The van der Waals surface area contributed by atoms with E-state index in [4.69, 9.17) is 22.0 Å². The second kappa shape index (κ2) is 10.00. The zero-order chi connectivity index (χ0) is 21.4. The molecule has 0 atom stereocenters. The fraction of sp³-hybridized carbons (Fsp3) is 0.250. The molecule has 2 rings (SSSR count). The van der Waals surface area contributed by atoms with Crippen LogP contribution in [0.4, 0.5) is 11.4 Å². The molecule has 0 heterocycles. The zero-order valence-electron chi connectivity index (χ0n) is 17.5. The van der Waals surface area contributed by atoms with E-state index in [9.17, 15) is 0 Å². The molecule has 0 bridgehead atoms. The number of allylic oxidation sites excluding steroid dienone is 4. The smallest absolute Gasteiger partial charge is 0.0915 e. The van der Waals surface area contributed by atoms with Crippen LogP contribution in [0.5, 0.6) is 0 Å². The topological polar surface area (TPSA) is 99.6 Å².